The summed E-state index contributed by atoms with van der Waals surface area (Å²) >= 11 is 3.42. The van der Waals surface area contributed by atoms with Gasteiger partial charge in [-0.15, -0.1) is 0 Å². The van der Waals surface area contributed by atoms with Gasteiger partial charge >= 0.3 is 0 Å². The summed E-state index contributed by atoms with van der Waals surface area (Å²) in [6, 6.07) is 8.27. The normalized spacial score (nSPS) is 12.2. The van der Waals surface area contributed by atoms with Gasteiger partial charge in [0.1, 0.15) is 0 Å². The Morgan fingerprint density at radius 2 is 1.79 bits per heavy atom. The molecule has 0 saturated carbocycles. The maximum absolute atomic E-state index is 5.68. The third-order valence-electron chi connectivity index (χ3n) is 2.71. The molecular weight excluding hydrogens is 304 g/mol. The number of hydrogen-bond donors (Lipinski definition) is 2. The third-order valence-corrected chi connectivity index (χ3v) is 3.24. The van der Waals surface area contributed by atoms with Crippen molar-refractivity contribution in [3.63, 3.8) is 0 Å². The highest BCUT2D eigenvalue weighted by Crippen LogP contribution is 2.20. The van der Waals surface area contributed by atoms with Gasteiger partial charge < -0.3 is 11.1 Å². The van der Waals surface area contributed by atoms with Crippen molar-refractivity contribution in [1.82, 2.24) is 9.97 Å². The molecule has 0 spiro atoms. The summed E-state index contributed by atoms with van der Waals surface area (Å²) in [6.07, 6.45) is 4.55. The van der Waals surface area contributed by atoms with E-state index < -0.39 is 0 Å². The van der Waals surface area contributed by atoms with Crippen LogP contribution in [0.15, 0.2) is 41.1 Å². The van der Waals surface area contributed by atoms with Crippen LogP contribution in [0.25, 0.3) is 11.1 Å². The third kappa shape index (κ3) is 4.29. The molecule has 0 aliphatic carbocycles. The predicted octanol–water partition coefficient (Wildman–Crippen LogP) is 3.06. The molecule has 0 fully saturated rings. The molecule has 0 radical (unpaired) electrons. The number of nitrogens with one attached hydrogen (secondary N) is 1. The van der Waals surface area contributed by atoms with Crippen molar-refractivity contribution >= 4 is 21.9 Å². The predicted molar refractivity (Wildman–Crippen MR) is 81.9 cm³/mol. The van der Waals surface area contributed by atoms with Gasteiger partial charge in [0.25, 0.3) is 0 Å². The van der Waals surface area contributed by atoms with Crippen molar-refractivity contribution < 1.29 is 0 Å². The van der Waals surface area contributed by atoms with Crippen molar-refractivity contribution in [2.45, 2.75) is 19.4 Å². The van der Waals surface area contributed by atoms with Gasteiger partial charge in [-0.3, -0.25) is 0 Å². The van der Waals surface area contributed by atoms with Gasteiger partial charge in [-0.1, -0.05) is 28.1 Å². The minimum atomic E-state index is 0.189. The van der Waals surface area contributed by atoms with E-state index >= 15 is 0 Å². The quantitative estimate of drug-likeness (QED) is 0.888. The maximum Gasteiger partial charge on any atom is 0.222 e. The van der Waals surface area contributed by atoms with Gasteiger partial charge in [-0.2, -0.15) is 0 Å². The first-order valence-electron chi connectivity index (χ1n) is 6.22. The molecule has 1 aromatic carbocycles. The van der Waals surface area contributed by atoms with Crippen molar-refractivity contribution in [3.8, 4) is 11.1 Å². The first-order chi connectivity index (χ1) is 9.15. The van der Waals surface area contributed by atoms with Gasteiger partial charge in [0.15, 0.2) is 0 Å². The molecule has 19 heavy (non-hydrogen) atoms. The molecule has 0 aliphatic rings. The average Bonchev–Trinajstić information content (AvgIpc) is 2.40. The van der Waals surface area contributed by atoms with Crippen LogP contribution < -0.4 is 11.1 Å². The van der Waals surface area contributed by atoms with Crippen molar-refractivity contribution in [1.29, 1.82) is 0 Å². The van der Waals surface area contributed by atoms with E-state index in [1.54, 1.807) is 0 Å². The topological polar surface area (TPSA) is 63.8 Å². The molecule has 0 bridgehead atoms. The van der Waals surface area contributed by atoms with Crippen LogP contribution >= 0.6 is 15.9 Å². The molecule has 1 heterocycles. The maximum atomic E-state index is 5.68. The molecule has 0 saturated heterocycles. The zero-order chi connectivity index (χ0) is 13.7. The van der Waals surface area contributed by atoms with Gasteiger partial charge in [-0.25, -0.2) is 9.97 Å². The van der Waals surface area contributed by atoms with Crippen LogP contribution in [0.1, 0.15) is 13.3 Å². The summed E-state index contributed by atoms with van der Waals surface area (Å²) in [5, 5.41) is 3.15. The number of halogens is 1. The number of benzene rings is 1. The minimum absolute atomic E-state index is 0.189. The SMILES string of the molecule is CC(N)CCNc1ncc(-c2ccc(Br)cc2)cn1. The Labute approximate surface area is 121 Å². The number of anilines is 1. The van der Waals surface area contributed by atoms with Gasteiger partial charge in [-0.05, 0) is 31.0 Å². The van der Waals surface area contributed by atoms with E-state index in [-0.39, 0.29) is 6.04 Å². The fourth-order valence-corrected chi connectivity index (χ4v) is 1.89. The lowest BCUT2D eigenvalue weighted by atomic mass is 10.1. The van der Waals surface area contributed by atoms with E-state index in [2.05, 4.69) is 31.2 Å². The smallest absolute Gasteiger partial charge is 0.222 e. The van der Waals surface area contributed by atoms with Crippen LogP contribution in [0.4, 0.5) is 5.95 Å². The van der Waals surface area contributed by atoms with Crippen molar-refractivity contribution in [2.24, 2.45) is 5.73 Å². The summed E-state index contributed by atoms with van der Waals surface area (Å²) < 4.78 is 1.06. The number of aromatic nitrogens is 2. The average molecular weight is 321 g/mol. The number of hydrogen-bond acceptors (Lipinski definition) is 4. The molecule has 0 amide bonds. The van der Waals surface area contributed by atoms with Crippen LogP contribution in [0.5, 0.6) is 0 Å². The van der Waals surface area contributed by atoms with Crippen molar-refractivity contribution in [2.75, 3.05) is 11.9 Å². The molecular formula is C14H17BrN4. The molecule has 0 aliphatic heterocycles. The Bertz CT molecular complexity index is 508. The van der Waals surface area contributed by atoms with E-state index in [9.17, 15) is 0 Å². The van der Waals surface area contributed by atoms with Gasteiger partial charge in [0.2, 0.25) is 5.95 Å². The standard InChI is InChI=1S/C14H17BrN4/c1-10(16)6-7-17-14-18-8-12(9-19-14)11-2-4-13(15)5-3-11/h2-5,8-10H,6-7,16H2,1H3,(H,17,18,19). The van der Waals surface area contributed by atoms with E-state index in [1.165, 1.54) is 0 Å². The van der Waals surface area contributed by atoms with Crippen LogP contribution in [0.3, 0.4) is 0 Å². The molecule has 2 rings (SSSR count). The Morgan fingerprint density at radius 3 is 2.37 bits per heavy atom. The highest BCUT2D eigenvalue weighted by molar-refractivity contribution is 9.10. The fourth-order valence-electron chi connectivity index (χ4n) is 1.62. The van der Waals surface area contributed by atoms with E-state index in [4.69, 9.17) is 5.73 Å². The summed E-state index contributed by atoms with van der Waals surface area (Å²) in [4.78, 5) is 8.60. The molecule has 1 unspecified atom stereocenters. The van der Waals surface area contributed by atoms with E-state index in [1.807, 2.05) is 43.6 Å². The molecule has 1 atom stereocenters. The molecule has 5 heteroatoms. The highest BCUT2D eigenvalue weighted by Gasteiger charge is 2.01. The second kappa shape index (κ2) is 6.63. The molecule has 2 aromatic rings. The Hall–Kier alpha value is -1.46. The Balaban J connectivity index is 2.00. The van der Waals surface area contributed by atoms with E-state index in [0.717, 1.165) is 28.6 Å². The van der Waals surface area contributed by atoms with Crippen LogP contribution in [0.2, 0.25) is 0 Å². The molecule has 1 aromatic heterocycles. The zero-order valence-corrected chi connectivity index (χ0v) is 12.4. The van der Waals surface area contributed by atoms with Gasteiger partial charge in [0, 0.05) is 35.0 Å². The number of nitrogens with zero attached hydrogens (tertiary/aromatic N) is 2. The molecule has 4 nitrogen and oxygen atoms in total. The fraction of sp³-hybridized carbons (Fsp3) is 0.286. The van der Waals surface area contributed by atoms with Crippen LogP contribution in [-0.2, 0) is 0 Å². The molecule has 3 N–H and O–H groups in total. The number of nitrogens with two attached hydrogens (primary N) is 1. The van der Waals surface area contributed by atoms with Crippen molar-refractivity contribution in [3.05, 3.63) is 41.1 Å². The largest absolute Gasteiger partial charge is 0.354 e. The second-order valence-electron chi connectivity index (χ2n) is 4.49. The summed E-state index contributed by atoms with van der Waals surface area (Å²) in [7, 11) is 0. The lowest BCUT2D eigenvalue weighted by Gasteiger charge is -2.07. The Morgan fingerprint density at radius 1 is 1.16 bits per heavy atom. The second-order valence-corrected chi connectivity index (χ2v) is 5.41. The zero-order valence-electron chi connectivity index (χ0n) is 10.8. The first-order valence-corrected chi connectivity index (χ1v) is 7.02. The van der Waals surface area contributed by atoms with Gasteiger partial charge in [0.05, 0.1) is 0 Å². The first kappa shape index (κ1) is 14.0. The Kier molecular flexibility index (Phi) is 4.87. The van der Waals surface area contributed by atoms with E-state index in [0.29, 0.717) is 5.95 Å². The highest BCUT2D eigenvalue weighted by atomic mass is 79.9. The van der Waals surface area contributed by atoms with Crippen LogP contribution in [0, 0.1) is 0 Å². The monoisotopic (exact) mass is 320 g/mol. The molecule has 100 valence electrons. The lowest BCUT2D eigenvalue weighted by molar-refractivity contribution is 0.688. The number of rotatable bonds is 5. The summed E-state index contributed by atoms with van der Waals surface area (Å²) in [5.41, 5.74) is 7.79. The lowest BCUT2D eigenvalue weighted by Crippen LogP contribution is -2.19. The minimum Gasteiger partial charge on any atom is -0.354 e. The summed E-state index contributed by atoms with van der Waals surface area (Å²) in [6.45, 7) is 2.77. The van der Waals surface area contributed by atoms with Crippen LogP contribution in [-0.4, -0.2) is 22.6 Å². The summed E-state index contributed by atoms with van der Waals surface area (Å²) in [5.74, 6) is 0.640.